The zero-order chi connectivity index (χ0) is 14.7. The predicted octanol–water partition coefficient (Wildman–Crippen LogP) is 2.35. The second kappa shape index (κ2) is 6.58. The van der Waals surface area contributed by atoms with Gasteiger partial charge in [0.1, 0.15) is 0 Å². The Morgan fingerprint density at radius 1 is 1.24 bits per heavy atom. The van der Waals surface area contributed by atoms with Gasteiger partial charge in [-0.05, 0) is 62.4 Å². The molecule has 0 bridgehead atoms. The fraction of sp³-hybridized carbons (Fsp3) is 0.588. The maximum Gasteiger partial charge on any atom is 0.225 e. The molecule has 1 heterocycles. The van der Waals surface area contributed by atoms with Crippen LogP contribution in [0.5, 0.6) is 0 Å². The van der Waals surface area contributed by atoms with E-state index in [1.54, 1.807) is 0 Å². The number of likely N-dealkylation sites (tertiary alicyclic amines) is 1. The molecular weight excluding hydrogens is 262 g/mol. The zero-order valence-corrected chi connectivity index (χ0v) is 12.6. The van der Waals surface area contributed by atoms with E-state index in [-0.39, 0.29) is 11.9 Å². The summed E-state index contributed by atoms with van der Waals surface area (Å²) in [6, 6.07) is 8.22. The van der Waals surface area contributed by atoms with Crippen molar-refractivity contribution in [3.63, 3.8) is 0 Å². The number of benzene rings is 1. The number of nitrogens with two attached hydrogens (primary N) is 1. The van der Waals surface area contributed by atoms with Gasteiger partial charge in [-0.3, -0.25) is 9.69 Å². The molecule has 1 unspecified atom stereocenters. The van der Waals surface area contributed by atoms with Crippen LogP contribution in [0.15, 0.2) is 24.3 Å². The first-order valence-corrected chi connectivity index (χ1v) is 8.07. The maximum absolute atomic E-state index is 11.9. The number of carbonyl (C=O) groups excluding carboxylic acids is 1. The van der Waals surface area contributed by atoms with Crippen LogP contribution in [-0.4, -0.2) is 29.9 Å². The molecule has 1 saturated carbocycles. The summed E-state index contributed by atoms with van der Waals surface area (Å²) in [5.74, 6) is 0.597. The number of rotatable bonds is 6. The third-order valence-corrected chi connectivity index (χ3v) is 4.49. The second-order valence-electron chi connectivity index (χ2n) is 6.43. The van der Waals surface area contributed by atoms with Crippen LogP contribution in [0.25, 0.3) is 0 Å². The summed E-state index contributed by atoms with van der Waals surface area (Å²) in [5, 5.41) is 2.94. The van der Waals surface area contributed by atoms with Crippen molar-refractivity contribution in [2.24, 2.45) is 11.7 Å². The topological polar surface area (TPSA) is 58.4 Å². The molecule has 114 valence electrons. The molecule has 0 aromatic heterocycles. The lowest BCUT2D eigenvalue weighted by Crippen LogP contribution is -2.28. The first-order chi connectivity index (χ1) is 10.2. The molecule has 1 atom stereocenters. The van der Waals surface area contributed by atoms with Crippen molar-refractivity contribution in [2.45, 2.75) is 44.7 Å². The van der Waals surface area contributed by atoms with Gasteiger partial charge in [-0.2, -0.15) is 0 Å². The van der Waals surface area contributed by atoms with Gasteiger partial charge in [-0.15, -0.1) is 0 Å². The molecule has 1 aromatic rings. The highest BCUT2D eigenvalue weighted by molar-refractivity contribution is 5.91. The Balaban J connectivity index is 1.47. The van der Waals surface area contributed by atoms with Gasteiger partial charge >= 0.3 is 0 Å². The summed E-state index contributed by atoms with van der Waals surface area (Å²) in [6.45, 7) is 3.43. The van der Waals surface area contributed by atoms with Gasteiger partial charge < -0.3 is 11.1 Å². The zero-order valence-electron chi connectivity index (χ0n) is 12.6. The largest absolute Gasteiger partial charge is 0.327 e. The molecule has 21 heavy (non-hydrogen) atoms. The number of hydrogen-bond acceptors (Lipinski definition) is 3. The fourth-order valence-corrected chi connectivity index (χ4v) is 3.01. The van der Waals surface area contributed by atoms with E-state index in [1.807, 2.05) is 12.1 Å². The summed E-state index contributed by atoms with van der Waals surface area (Å²) in [4.78, 5) is 14.4. The molecule has 1 saturated heterocycles. The predicted molar refractivity (Wildman–Crippen MR) is 84.9 cm³/mol. The van der Waals surface area contributed by atoms with E-state index in [1.165, 1.54) is 44.3 Å². The van der Waals surface area contributed by atoms with Crippen LogP contribution in [0, 0.1) is 5.92 Å². The third-order valence-electron chi connectivity index (χ3n) is 4.49. The second-order valence-corrected chi connectivity index (χ2v) is 6.43. The average molecular weight is 287 g/mol. The van der Waals surface area contributed by atoms with Gasteiger partial charge in [-0.1, -0.05) is 12.1 Å². The van der Waals surface area contributed by atoms with Crippen LogP contribution in [-0.2, 0) is 11.3 Å². The van der Waals surface area contributed by atoms with Crippen LogP contribution in [0.2, 0.25) is 0 Å². The first kappa shape index (κ1) is 14.5. The van der Waals surface area contributed by atoms with Crippen LogP contribution in [0.4, 0.5) is 5.69 Å². The van der Waals surface area contributed by atoms with Crippen molar-refractivity contribution in [2.75, 3.05) is 18.4 Å². The number of nitrogens with one attached hydrogen (secondary N) is 1. The number of anilines is 1. The molecule has 4 heteroatoms. The first-order valence-electron chi connectivity index (χ1n) is 8.07. The lowest BCUT2D eigenvalue weighted by atomic mass is 10.1. The molecule has 1 aliphatic heterocycles. The normalized spacial score (nSPS) is 20.4. The fourth-order valence-electron chi connectivity index (χ4n) is 3.01. The Morgan fingerprint density at radius 2 is 1.90 bits per heavy atom. The highest BCUT2D eigenvalue weighted by Crippen LogP contribution is 2.32. The number of carbonyl (C=O) groups is 1. The molecule has 2 fully saturated rings. The minimum atomic E-state index is 0.0273. The lowest BCUT2D eigenvalue weighted by Gasteiger charge is -2.15. The van der Waals surface area contributed by atoms with Gasteiger partial charge in [0.05, 0.1) is 0 Å². The van der Waals surface area contributed by atoms with Crippen LogP contribution < -0.4 is 11.1 Å². The molecule has 1 aliphatic carbocycles. The van der Waals surface area contributed by atoms with Crippen molar-refractivity contribution in [1.29, 1.82) is 0 Å². The smallest absolute Gasteiger partial charge is 0.225 e. The van der Waals surface area contributed by atoms with E-state index in [2.05, 4.69) is 22.3 Å². The molecular formula is C17H25N3O. The molecule has 0 spiro atoms. The summed E-state index contributed by atoms with van der Waals surface area (Å²) in [6.07, 6.45) is 5.42. The van der Waals surface area contributed by atoms with Gasteiger partial charge in [-0.25, -0.2) is 0 Å². The third kappa shape index (κ3) is 4.29. The van der Waals surface area contributed by atoms with Crippen molar-refractivity contribution in [3.8, 4) is 0 Å². The Kier molecular flexibility index (Phi) is 4.56. The Morgan fingerprint density at radius 3 is 2.52 bits per heavy atom. The average Bonchev–Trinajstić information content (AvgIpc) is 3.20. The minimum absolute atomic E-state index is 0.0273. The van der Waals surface area contributed by atoms with Gasteiger partial charge in [0.25, 0.3) is 0 Å². The van der Waals surface area contributed by atoms with Crippen LogP contribution >= 0.6 is 0 Å². The van der Waals surface area contributed by atoms with Gasteiger partial charge in [0, 0.05) is 24.7 Å². The number of amides is 1. The molecule has 4 nitrogen and oxygen atoms in total. The SMILES string of the molecule is NC(CC(=O)Nc1ccc(CN2CCCC2)cc1)C1CC1. The molecule has 1 aromatic carbocycles. The Labute approximate surface area is 126 Å². The summed E-state index contributed by atoms with van der Waals surface area (Å²) in [5.41, 5.74) is 8.16. The van der Waals surface area contributed by atoms with E-state index in [0.717, 1.165) is 12.2 Å². The van der Waals surface area contributed by atoms with E-state index < -0.39 is 0 Å². The molecule has 1 amide bonds. The van der Waals surface area contributed by atoms with Crippen molar-refractivity contribution < 1.29 is 4.79 Å². The van der Waals surface area contributed by atoms with Gasteiger partial charge in [0.15, 0.2) is 0 Å². The lowest BCUT2D eigenvalue weighted by molar-refractivity contribution is -0.116. The van der Waals surface area contributed by atoms with Crippen molar-refractivity contribution >= 4 is 11.6 Å². The van der Waals surface area contributed by atoms with E-state index in [0.29, 0.717) is 12.3 Å². The van der Waals surface area contributed by atoms with Gasteiger partial charge in [0.2, 0.25) is 5.91 Å². The summed E-state index contributed by atoms with van der Waals surface area (Å²) in [7, 11) is 0. The highest BCUT2D eigenvalue weighted by Gasteiger charge is 2.29. The van der Waals surface area contributed by atoms with E-state index >= 15 is 0 Å². The number of hydrogen-bond donors (Lipinski definition) is 2. The van der Waals surface area contributed by atoms with Crippen molar-refractivity contribution in [3.05, 3.63) is 29.8 Å². The molecule has 2 aliphatic rings. The standard InChI is InChI=1S/C17H25N3O/c18-16(14-5-6-14)11-17(21)19-15-7-3-13(4-8-15)12-20-9-1-2-10-20/h3-4,7-8,14,16H,1-2,5-6,9-12,18H2,(H,19,21). The molecule has 3 N–H and O–H groups in total. The molecule has 0 radical (unpaired) electrons. The number of nitrogens with zero attached hydrogens (tertiary/aromatic N) is 1. The molecule has 3 rings (SSSR count). The summed E-state index contributed by atoms with van der Waals surface area (Å²) < 4.78 is 0. The highest BCUT2D eigenvalue weighted by atomic mass is 16.1. The monoisotopic (exact) mass is 287 g/mol. The quantitative estimate of drug-likeness (QED) is 0.844. The maximum atomic E-state index is 11.9. The minimum Gasteiger partial charge on any atom is -0.327 e. The van der Waals surface area contributed by atoms with Crippen LogP contribution in [0.3, 0.4) is 0 Å². The van der Waals surface area contributed by atoms with Crippen molar-refractivity contribution in [1.82, 2.24) is 4.90 Å². The van der Waals surface area contributed by atoms with E-state index in [9.17, 15) is 4.79 Å². The summed E-state index contributed by atoms with van der Waals surface area (Å²) >= 11 is 0. The van der Waals surface area contributed by atoms with E-state index in [4.69, 9.17) is 5.73 Å². The Hall–Kier alpha value is -1.39. The van der Waals surface area contributed by atoms with Crippen LogP contribution in [0.1, 0.15) is 37.7 Å². The Bertz CT molecular complexity index is 475.